The first kappa shape index (κ1) is 16.1. The van der Waals surface area contributed by atoms with E-state index in [4.69, 9.17) is 4.74 Å². The second kappa shape index (κ2) is 8.26. The molecule has 0 spiro atoms. The zero-order valence-electron chi connectivity index (χ0n) is 12.2. The summed E-state index contributed by atoms with van der Waals surface area (Å²) < 4.78 is 5.26. The molecule has 0 aliphatic carbocycles. The predicted octanol–water partition coefficient (Wildman–Crippen LogP) is -2.19. The van der Waals surface area contributed by atoms with Crippen LogP contribution in [-0.4, -0.2) is 50.9 Å². The van der Waals surface area contributed by atoms with Crippen LogP contribution in [-0.2, 0) is 9.53 Å². The highest BCUT2D eigenvalue weighted by Gasteiger charge is 2.14. The third-order valence-corrected chi connectivity index (χ3v) is 3.45. The van der Waals surface area contributed by atoms with Crippen LogP contribution in [0.4, 0.5) is 0 Å². The van der Waals surface area contributed by atoms with Crippen LogP contribution in [0.3, 0.4) is 0 Å². The summed E-state index contributed by atoms with van der Waals surface area (Å²) in [7, 11) is 0. The number of carboxylic acids is 1. The number of hydrogen-bond acceptors (Lipinski definition) is 5. The Kier molecular flexibility index (Phi) is 6.05. The number of benzene rings is 1. The first-order valence-corrected chi connectivity index (χ1v) is 7.20. The summed E-state index contributed by atoms with van der Waals surface area (Å²) >= 11 is 0. The quantitative estimate of drug-likeness (QED) is 0.461. The number of nitrogens with zero attached hydrogens (tertiary/aromatic N) is 1. The van der Waals surface area contributed by atoms with E-state index in [1.54, 1.807) is 12.1 Å². The number of carboxylic acid groups (broad SMARTS) is 1. The molecule has 7 heteroatoms. The van der Waals surface area contributed by atoms with Crippen LogP contribution in [0.5, 0.6) is 0 Å². The third-order valence-electron chi connectivity index (χ3n) is 3.45. The van der Waals surface area contributed by atoms with E-state index in [1.807, 2.05) is 0 Å². The van der Waals surface area contributed by atoms with Gasteiger partial charge in [-0.1, -0.05) is 24.3 Å². The lowest BCUT2D eigenvalue weighted by Crippen LogP contribution is -3.14. The zero-order valence-corrected chi connectivity index (χ0v) is 12.2. The van der Waals surface area contributed by atoms with Crippen molar-refractivity contribution < 1.29 is 24.3 Å². The van der Waals surface area contributed by atoms with Crippen molar-refractivity contribution in [2.75, 3.05) is 32.8 Å². The smallest absolute Gasteiger partial charge is 0.245 e. The normalized spacial score (nSPS) is 15.8. The van der Waals surface area contributed by atoms with Gasteiger partial charge in [0.05, 0.1) is 38.4 Å². The van der Waals surface area contributed by atoms with E-state index in [9.17, 15) is 14.7 Å². The summed E-state index contributed by atoms with van der Waals surface area (Å²) in [6.45, 7) is 4.13. The van der Waals surface area contributed by atoms with Crippen molar-refractivity contribution in [1.82, 2.24) is 5.43 Å². The van der Waals surface area contributed by atoms with E-state index in [2.05, 4.69) is 10.5 Å². The number of hydrogen-bond donors (Lipinski definition) is 2. The molecule has 2 N–H and O–H groups in total. The summed E-state index contributed by atoms with van der Waals surface area (Å²) in [6, 6.07) is 6.05. The van der Waals surface area contributed by atoms with Gasteiger partial charge >= 0.3 is 0 Å². The Bertz CT molecular complexity index is 536. The second-order valence-corrected chi connectivity index (χ2v) is 5.07. The first-order valence-electron chi connectivity index (χ1n) is 7.20. The zero-order chi connectivity index (χ0) is 15.8. The molecule has 1 aliphatic heterocycles. The van der Waals surface area contributed by atoms with Crippen molar-refractivity contribution in [2.24, 2.45) is 5.10 Å². The lowest BCUT2D eigenvalue weighted by atomic mass is 10.1. The molecule has 1 aromatic carbocycles. The van der Waals surface area contributed by atoms with E-state index in [0.29, 0.717) is 12.0 Å². The maximum Gasteiger partial charge on any atom is 0.245 e. The van der Waals surface area contributed by atoms with Crippen molar-refractivity contribution >= 4 is 18.1 Å². The molecule has 1 fully saturated rings. The number of rotatable bonds is 6. The van der Waals surface area contributed by atoms with E-state index >= 15 is 0 Å². The van der Waals surface area contributed by atoms with Crippen molar-refractivity contribution in [1.29, 1.82) is 0 Å². The summed E-state index contributed by atoms with van der Waals surface area (Å²) in [5.74, 6) is -1.36. The SMILES string of the molecule is O=C(CC[NH+]1CCOCC1)NN=Cc1ccc(C(=O)[O-])cc1. The maximum atomic E-state index is 11.7. The summed E-state index contributed by atoms with van der Waals surface area (Å²) in [5.41, 5.74) is 3.27. The van der Waals surface area contributed by atoms with E-state index in [1.165, 1.54) is 23.2 Å². The van der Waals surface area contributed by atoms with Gasteiger partial charge in [0.15, 0.2) is 0 Å². The molecular formula is C15H19N3O4. The molecule has 1 aromatic rings. The summed E-state index contributed by atoms with van der Waals surface area (Å²) in [4.78, 5) is 23.6. The van der Waals surface area contributed by atoms with Crippen LogP contribution >= 0.6 is 0 Å². The van der Waals surface area contributed by atoms with E-state index in [-0.39, 0.29) is 11.5 Å². The lowest BCUT2D eigenvalue weighted by molar-refractivity contribution is -0.907. The van der Waals surface area contributed by atoms with Gasteiger partial charge in [-0.15, -0.1) is 0 Å². The highest BCUT2D eigenvalue weighted by molar-refractivity contribution is 5.88. The summed E-state index contributed by atoms with van der Waals surface area (Å²) in [6.07, 6.45) is 1.88. The fourth-order valence-electron chi connectivity index (χ4n) is 2.14. The molecule has 1 heterocycles. The third kappa shape index (κ3) is 5.27. The van der Waals surface area contributed by atoms with Gasteiger partial charge in [-0.25, -0.2) is 5.43 Å². The number of hydrazone groups is 1. The molecule has 22 heavy (non-hydrogen) atoms. The Morgan fingerprint density at radius 2 is 1.95 bits per heavy atom. The Morgan fingerprint density at radius 1 is 1.27 bits per heavy atom. The van der Waals surface area contributed by atoms with Crippen LogP contribution in [0.25, 0.3) is 0 Å². The minimum atomic E-state index is -1.22. The van der Waals surface area contributed by atoms with Crippen LogP contribution in [0.2, 0.25) is 0 Å². The standard InChI is InChI=1S/C15H19N3O4/c19-14(5-6-18-7-9-22-10-8-18)17-16-11-12-1-3-13(4-2-12)15(20)21/h1-4,11H,5-10H2,(H,17,19)(H,20,21). The van der Waals surface area contributed by atoms with Crippen LogP contribution in [0.1, 0.15) is 22.3 Å². The lowest BCUT2D eigenvalue weighted by Gasteiger charge is -2.23. The Morgan fingerprint density at radius 3 is 2.59 bits per heavy atom. The minimum Gasteiger partial charge on any atom is -0.545 e. The molecule has 2 rings (SSSR count). The Labute approximate surface area is 128 Å². The number of aromatic carboxylic acids is 1. The molecule has 7 nitrogen and oxygen atoms in total. The Balaban J connectivity index is 1.71. The van der Waals surface area contributed by atoms with Gasteiger partial charge in [-0.2, -0.15) is 5.10 Å². The van der Waals surface area contributed by atoms with E-state index in [0.717, 1.165) is 32.8 Å². The van der Waals surface area contributed by atoms with Crippen molar-refractivity contribution in [3.05, 3.63) is 35.4 Å². The fourth-order valence-corrected chi connectivity index (χ4v) is 2.14. The molecule has 0 bridgehead atoms. The molecule has 0 saturated carbocycles. The fraction of sp³-hybridized carbons (Fsp3) is 0.400. The number of amides is 1. The van der Waals surface area contributed by atoms with Crippen LogP contribution in [0, 0.1) is 0 Å². The monoisotopic (exact) mass is 305 g/mol. The predicted molar refractivity (Wildman–Crippen MR) is 77.5 cm³/mol. The highest BCUT2D eigenvalue weighted by atomic mass is 16.5. The second-order valence-electron chi connectivity index (χ2n) is 5.07. The molecule has 1 saturated heterocycles. The summed E-state index contributed by atoms with van der Waals surface area (Å²) in [5, 5.41) is 14.5. The molecule has 1 amide bonds. The first-order chi connectivity index (χ1) is 10.6. The maximum absolute atomic E-state index is 11.7. The van der Waals surface area contributed by atoms with Gasteiger partial charge in [-0.05, 0) is 11.1 Å². The topological polar surface area (TPSA) is 95.3 Å². The van der Waals surface area contributed by atoms with Gasteiger partial charge in [0, 0.05) is 0 Å². The number of ether oxygens (including phenoxy) is 1. The van der Waals surface area contributed by atoms with Gasteiger partial charge in [-0.3, -0.25) is 4.79 Å². The molecule has 0 atom stereocenters. The van der Waals surface area contributed by atoms with E-state index < -0.39 is 5.97 Å². The van der Waals surface area contributed by atoms with Gasteiger partial charge < -0.3 is 19.5 Å². The largest absolute Gasteiger partial charge is 0.545 e. The Hall–Kier alpha value is -2.25. The van der Waals surface area contributed by atoms with Crippen molar-refractivity contribution in [3.8, 4) is 0 Å². The number of carbonyl (C=O) groups excluding carboxylic acids is 2. The highest BCUT2D eigenvalue weighted by Crippen LogP contribution is 2.01. The average molecular weight is 305 g/mol. The van der Waals surface area contributed by atoms with Gasteiger partial charge in [0.2, 0.25) is 5.91 Å². The van der Waals surface area contributed by atoms with Crippen LogP contribution in [0.15, 0.2) is 29.4 Å². The molecule has 0 aromatic heterocycles. The van der Waals surface area contributed by atoms with Crippen LogP contribution < -0.4 is 15.4 Å². The van der Waals surface area contributed by atoms with Gasteiger partial charge in [0.25, 0.3) is 0 Å². The van der Waals surface area contributed by atoms with Crippen molar-refractivity contribution in [2.45, 2.75) is 6.42 Å². The van der Waals surface area contributed by atoms with Gasteiger partial charge in [0.1, 0.15) is 13.1 Å². The minimum absolute atomic E-state index is 0.106. The van der Waals surface area contributed by atoms with Crippen molar-refractivity contribution in [3.63, 3.8) is 0 Å². The number of quaternary nitrogens is 1. The molecule has 0 unspecified atom stereocenters. The number of carbonyl (C=O) groups is 2. The molecule has 0 radical (unpaired) electrons. The average Bonchev–Trinajstić information content (AvgIpc) is 2.54. The molecular weight excluding hydrogens is 286 g/mol. The molecule has 1 aliphatic rings. The number of nitrogens with one attached hydrogen (secondary N) is 2. The number of morpholine rings is 1. The molecule has 118 valence electrons.